The van der Waals surface area contributed by atoms with E-state index in [0.29, 0.717) is 5.92 Å². The number of halogens is 1. The molecule has 5 heteroatoms. The molecule has 0 spiro atoms. The van der Waals surface area contributed by atoms with Gasteiger partial charge in [-0.25, -0.2) is 9.97 Å². The first-order valence-corrected chi connectivity index (χ1v) is 8.84. The Hall–Kier alpha value is -2.53. The molecule has 1 aromatic heterocycles. The number of aliphatic imine (C=N–C) groups is 1. The smallest absolute Gasteiger partial charge is 0.141 e. The Bertz CT molecular complexity index is 947. The number of benzene rings is 2. The largest absolute Gasteiger partial charge is 0.340 e. The van der Waals surface area contributed by atoms with Crippen LogP contribution in [0.3, 0.4) is 0 Å². The van der Waals surface area contributed by atoms with Gasteiger partial charge in [0.05, 0.1) is 11.2 Å². The van der Waals surface area contributed by atoms with Gasteiger partial charge in [-0.2, -0.15) is 0 Å². The fraction of sp³-hybridized carbons (Fsp3) is 0.150. The monoisotopic (exact) mass is 394 g/mol. The van der Waals surface area contributed by atoms with Crippen molar-refractivity contribution in [3.63, 3.8) is 0 Å². The summed E-state index contributed by atoms with van der Waals surface area (Å²) in [5.41, 5.74) is 3.65. The number of nitrogens with one attached hydrogen (secondary N) is 1. The molecule has 0 radical (unpaired) electrons. The van der Waals surface area contributed by atoms with Crippen LogP contribution in [0.4, 0.5) is 17.2 Å². The molecule has 4 nitrogen and oxygen atoms in total. The minimum absolute atomic E-state index is 0.319. The molecule has 3 rings (SSSR count). The first-order valence-electron chi connectivity index (χ1n) is 8.05. The highest BCUT2D eigenvalue weighted by molar-refractivity contribution is 9.10. The third kappa shape index (κ3) is 4.12. The fourth-order valence-corrected chi connectivity index (χ4v) is 2.88. The van der Waals surface area contributed by atoms with Crippen LogP contribution in [0.25, 0.3) is 10.9 Å². The van der Waals surface area contributed by atoms with Gasteiger partial charge in [-0.15, -0.1) is 0 Å². The van der Waals surface area contributed by atoms with E-state index in [1.807, 2.05) is 42.5 Å². The lowest BCUT2D eigenvalue weighted by atomic mass is 10.1. The molecule has 0 aliphatic rings. The van der Waals surface area contributed by atoms with Crippen LogP contribution in [-0.4, -0.2) is 15.7 Å². The number of allylic oxidation sites excluding steroid dienone is 1. The van der Waals surface area contributed by atoms with Crippen molar-refractivity contribution in [1.82, 2.24) is 9.97 Å². The highest BCUT2D eigenvalue weighted by Crippen LogP contribution is 2.28. The van der Waals surface area contributed by atoms with Crippen molar-refractivity contribution in [2.45, 2.75) is 13.8 Å². The lowest BCUT2D eigenvalue weighted by Crippen LogP contribution is -2.02. The number of hydrogen-bond acceptors (Lipinski definition) is 4. The SMILES string of the molecule is C=CC(=Nc1ccc2ncnc(Nc3cccc(Br)c3)c2c1)C(C)C. The van der Waals surface area contributed by atoms with Gasteiger partial charge in [-0.3, -0.25) is 4.99 Å². The average molecular weight is 395 g/mol. The van der Waals surface area contributed by atoms with Crippen LogP contribution in [0, 0.1) is 5.92 Å². The molecule has 126 valence electrons. The summed E-state index contributed by atoms with van der Waals surface area (Å²) in [6.45, 7) is 8.05. The van der Waals surface area contributed by atoms with Crippen LogP contribution in [0.1, 0.15) is 13.8 Å². The van der Waals surface area contributed by atoms with E-state index < -0.39 is 0 Å². The number of hydrogen-bond donors (Lipinski definition) is 1. The van der Waals surface area contributed by atoms with E-state index in [1.54, 1.807) is 12.4 Å². The molecule has 0 aliphatic heterocycles. The summed E-state index contributed by atoms with van der Waals surface area (Å²) in [5.74, 6) is 1.07. The summed E-state index contributed by atoms with van der Waals surface area (Å²) in [6, 6.07) is 13.9. The molecule has 1 heterocycles. The van der Waals surface area contributed by atoms with Crippen LogP contribution < -0.4 is 5.32 Å². The molecule has 0 amide bonds. The second-order valence-corrected chi connectivity index (χ2v) is 6.87. The van der Waals surface area contributed by atoms with Crippen molar-refractivity contribution in [3.8, 4) is 0 Å². The summed E-state index contributed by atoms with van der Waals surface area (Å²) < 4.78 is 1.01. The van der Waals surface area contributed by atoms with Gasteiger partial charge in [0.15, 0.2) is 0 Å². The van der Waals surface area contributed by atoms with E-state index in [9.17, 15) is 0 Å². The zero-order valence-corrected chi connectivity index (χ0v) is 15.8. The Morgan fingerprint density at radius 1 is 1.20 bits per heavy atom. The molecule has 1 N–H and O–H groups in total. The maximum atomic E-state index is 4.70. The predicted molar refractivity (Wildman–Crippen MR) is 109 cm³/mol. The fourth-order valence-electron chi connectivity index (χ4n) is 2.48. The van der Waals surface area contributed by atoms with Gasteiger partial charge >= 0.3 is 0 Å². The maximum absolute atomic E-state index is 4.70. The van der Waals surface area contributed by atoms with Gasteiger partial charge in [-0.1, -0.05) is 42.4 Å². The third-order valence-corrected chi connectivity index (χ3v) is 4.26. The zero-order valence-electron chi connectivity index (χ0n) is 14.2. The Kier molecular flexibility index (Phi) is 5.24. The molecule has 0 saturated carbocycles. The summed E-state index contributed by atoms with van der Waals surface area (Å²) >= 11 is 3.49. The summed E-state index contributed by atoms with van der Waals surface area (Å²) in [6.07, 6.45) is 3.37. The van der Waals surface area contributed by atoms with Crippen molar-refractivity contribution in [2.75, 3.05) is 5.32 Å². The molecule has 0 aliphatic carbocycles. The quantitative estimate of drug-likeness (QED) is 0.535. The summed E-state index contributed by atoms with van der Waals surface area (Å²) in [4.78, 5) is 13.4. The van der Waals surface area contributed by atoms with Crippen molar-refractivity contribution in [2.24, 2.45) is 10.9 Å². The van der Waals surface area contributed by atoms with Gasteiger partial charge in [0.2, 0.25) is 0 Å². The second kappa shape index (κ2) is 7.57. The van der Waals surface area contributed by atoms with Crippen LogP contribution in [0.5, 0.6) is 0 Å². The lowest BCUT2D eigenvalue weighted by Gasteiger charge is -2.10. The van der Waals surface area contributed by atoms with Gasteiger partial charge in [-0.05, 0) is 48.4 Å². The molecule has 3 aromatic rings. The molecule has 0 bridgehead atoms. The molecule has 25 heavy (non-hydrogen) atoms. The number of fused-ring (bicyclic) bond motifs is 1. The third-order valence-electron chi connectivity index (χ3n) is 3.77. The van der Waals surface area contributed by atoms with E-state index in [0.717, 1.165) is 38.3 Å². The van der Waals surface area contributed by atoms with Crippen LogP contribution in [0.15, 0.2) is 70.9 Å². The van der Waals surface area contributed by atoms with Gasteiger partial charge < -0.3 is 5.32 Å². The highest BCUT2D eigenvalue weighted by Gasteiger charge is 2.07. The molecular weight excluding hydrogens is 376 g/mol. The molecule has 0 fully saturated rings. The maximum Gasteiger partial charge on any atom is 0.141 e. The Labute approximate surface area is 155 Å². The molecule has 0 saturated heterocycles. The van der Waals surface area contributed by atoms with E-state index in [1.165, 1.54) is 0 Å². The van der Waals surface area contributed by atoms with Gasteiger partial charge in [0.25, 0.3) is 0 Å². The Balaban J connectivity index is 2.04. The number of aromatic nitrogens is 2. The second-order valence-electron chi connectivity index (χ2n) is 5.95. The first kappa shape index (κ1) is 17.3. The van der Waals surface area contributed by atoms with E-state index in [-0.39, 0.29) is 0 Å². The van der Waals surface area contributed by atoms with Crippen molar-refractivity contribution in [1.29, 1.82) is 0 Å². The lowest BCUT2D eigenvalue weighted by molar-refractivity contribution is 0.889. The standard InChI is InChI=1S/C20H19BrN4/c1-4-18(13(2)3)24-16-8-9-19-17(11-16)20(23-12-22-19)25-15-7-5-6-14(21)10-15/h4-13H,1H2,2-3H3,(H,22,23,25). The molecule has 0 atom stereocenters. The van der Waals surface area contributed by atoms with E-state index in [4.69, 9.17) is 4.99 Å². The van der Waals surface area contributed by atoms with Crippen molar-refractivity contribution < 1.29 is 0 Å². The van der Waals surface area contributed by atoms with Crippen LogP contribution >= 0.6 is 15.9 Å². The highest BCUT2D eigenvalue weighted by atomic mass is 79.9. The Morgan fingerprint density at radius 2 is 2.04 bits per heavy atom. The van der Waals surface area contributed by atoms with E-state index >= 15 is 0 Å². The average Bonchev–Trinajstić information content (AvgIpc) is 2.60. The van der Waals surface area contributed by atoms with Crippen LogP contribution in [-0.2, 0) is 0 Å². The van der Waals surface area contributed by atoms with Crippen molar-refractivity contribution in [3.05, 3.63) is 65.9 Å². The topological polar surface area (TPSA) is 50.2 Å². The zero-order chi connectivity index (χ0) is 17.8. The first-order chi connectivity index (χ1) is 12.1. The molecular formula is C20H19BrN4. The van der Waals surface area contributed by atoms with Crippen molar-refractivity contribution >= 4 is 49.7 Å². The Morgan fingerprint density at radius 3 is 2.76 bits per heavy atom. The summed E-state index contributed by atoms with van der Waals surface area (Å²) in [7, 11) is 0. The van der Waals surface area contributed by atoms with Crippen LogP contribution in [0.2, 0.25) is 0 Å². The normalized spacial score (nSPS) is 11.8. The molecule has 2 aromatic carbocycles. The van der Waals surface area contributed by atoms with Gasteiger partial charge in [0.1, 0.15) is 12.1 Å². The minimum atomic E-state index is 0.319. The van der Waals surface area contributed by atoms with Gasteiger partial charge in [0, 0.05) is 21.3 Å². The summed E-state index contributed by atoms with van der Waals surface area (Å²) in [5, 5.41) is 4.28. The molecule has 0 unspecified atom stereocenters. The number of nitrogens with zero attached hydrogens (tertiary/aromatic N) is 3. The number of rotatable bonds is 5. The number of anilines is 2. The minimum Gasteiger partial charge on any atom is -0.340 e. The van der Waals surface area contributed by atoms with E-state index in [2.05, 4.69) is 51.6 Å². The predicted octanol–water partition coefficient (Wildman–Crippen LogP) is 6.05.